The SMILES string of the molecule is COc1cccc(-c2ccc3c(N)c(C(=O)Nc4c[n+](C)no4)sc3n2)c1. The smallest absolute Gasteiger partial charge is 0.302 e. The molecular weight excluding hydrogens is 366 g/mol. The van der Waals surface area contributed by atoms with Crippen LogP contribution in [0.1, 0.15) is 9.67 Å². The average molecular weight is 382 g/mol. The molecule has 4 rings (SSSR count). The fourth-order valence-corrected chi connectivity index (χ4v) is 3.65. The molecule has 0 radical (unpaired) electrons. The highest BCUT2D eigenvalue weighted by Crippen LogP contribution is 2.35. The number of rotatable bonds is 4. The summed E-state index contributed by atoms with van der Waals surface area (Å²) in [5, 5.41) is 7.04. The zero-order chi connectivity index (χ0) is 19.0. The van der Waals surface area contributed by atoms with Gasteiger partial charge in [-0.2, -0.15) is 0 Å². The van der Waals surface area contributed by atoms with Crippen LogP contribution in [0.4, 0.5) is 11.6 Å². The Morgan fingerprint density at radius 2 is 2.19 bits per heavy atom. The molecule has 0 atom stereocenters. The number of nitrogens with zero attached hydrogens (tertiary/aromatic N) is 3. The molecule has 4 aromatic rings. The summed E-state index contributed by atoms with van der Waals surface area (Å²) in [5.41, 5.74) is 8.26. The third kappa shape index (κ3) is 3.20. The first-order valence-corrected chi connectivity index (χ1v) is 8.84. The van der Waals surface area contributed by atoms with E-state index in [0.717, 1.165) is 22.4 Å². The molecule has 9 heteroatoms. The minimum atomic E-state index is -0.366. The van der Waals surface area contributed by atoms with E-state index in [9.17, 15) is 4.79 Å². The molecule has 0 aliphatic carbocycles. The number of carbonyl (C=O) groups excluding carboxylic acids is 1. The van der Waals surface area contributed by atoms with Crippen LogP contribution < -0.4 is 20.5 Å². The maximum Gasteiger partial charge on any atom is 0.302 e. The third-order valence-corrected chi connectivity index (χ3v) is 5.09. The highest BCUT2D eigenvalue weighted by molar-refractivity contribution is 7.21. The summed E-state index contributed by atoms with van der Waals surface area (Å²) in [5.74, 6) is 0.625. The van der Waals surface area contributed by atoms with Crippen LogP contribution in [-0.2, 0) is 7.05 Å². The number of ether oxygens (including phenoxy) is 1. The van der Waals surface area contributed by atoms with Crippen molar-refractivity contribution in [1.29, 1.82) is 0 Å². The van der Waals surface area contributed by atoms with Crippen LogP contribution in [0.3, 0.4) is 0 Å². The lowest BCUT2D eigenvalue weighted by Crippen LogP contribution is -2.28. The van der Waals surface area contributed by atoms with Crippen molar-refractivity contribution in [2.45, 2.75) is 0 Å². The molecule has 0 bridgehead atoms. The molecule has 0 aliphatic heterocycles. The van der Waals surface area contributed by atoms with Gasteiger partial charge >= 0.3 is 5.88 Å². The summed E-state index contributed by atoms with van der Waals surface area (Å²) in [6.45, 7) is 0. The topological polar surface area (TPSA) is 107 Å². The Morgan fingerprint density at radius 1 is 1.33 bits per heavy atom. The van der Waals surface area contributed by atoms with Gasteiger partial charge in [-0.15, -0.1) is 11.3 Å². The molecule has 27 heavy (non-hydrogen) atoms. The van der Waals surface area contributed by atoms with Crippen LogP contribution >= 0.6 is 11.3 Å². The minimum Gasteiger partial charge on any atom is -0.497 e. The number of amides is 1. The first kappa shape index (κ1) is 17.0. The molecule has 3 heterocycles. The number of anilines is 2. The third-order valence-electron chi connectivity index (χ3n) is 3.97. The highest BCUT2D eigenvalue weighted by Gasteiger charge is 2.20. The van der Waals surface area contributed by atoms with Crippen LogP contribution in [0.15, 0.2) is 47.1 Å². The van der Waals surface area contributed by atoms with Crippen molar-refractivity contribution in [3.8, 4) is 17.0 Å². The molecule has 3 aromatic heterocycles. The molecule has 1 aromatic carbocycles. The van der Waals surface area contributed by atoms with Gasteiger partial charge in [0.2, 0.25) is 0 Å². The van der Waals surface area contributed by atoms with E-state index in [1.54, 1.807) is 20.4 Å². The summed E-state index contributed by atoms with van der Waals surface area (Å²) in [4.78, 5) is 18.2. The molecule has 3 N–H and O–H groups in total. The molecule has 136 valence electrons. The Bertz CT molecular complexity index is 1150. The van der Waals surface area contributed by atoms with E-state index >= 15 is 0 Å². The van der Waals surface area contributed by atoms with E-state index < -0.39 is 0 Å². The quantitative estimate of drug-likeness (QED) is 0.526. The lowest BCUT2D eigenvalue weighted by atomic mass is 10.1. The molecule has 0 unspecified atom stereocenters. The highest BCUT2D eigenvalue weighted by atomic mass is 32.1. The van der Waals surface area contributed by atoms with Crippen molar-refractivity contribution in [3.63, 3.8) is 0 Å². The van der Waals surface area contributed by atoms with Crippen LogP contribution in [0.25, 0.3) is 21.5 Å². The standard InChI is InChI=1S/C18H15N5O3S/c1-23-9-14(26-22-23)21-17(24)16-15(19)12-6-7-13(20-18(12)27-16)10-4-3-5-11(8-10)25-2/h3-9H,1-2H3,(H2-,19,21,22,24)/p+1. The summed E-state index contributed by atoms with van der Waals surface area (Å²) in [7, 11) is 3.31. The molecular formula is C18H16N5O3S+. The normalized spacial score (nSPS) is 10.9. The number of nitrogens with one attached hydrogen (secondary N) is 1. The van der Waals surface area contributed by atoms with E-state index in [0.29, 0.717) is 15.4 Å². The average Bonchev–Trinajstić information content (AvgIpc) is 3.24. The summed E-state index contributed by atoms with van der Waals surface area (Å²) in [6, 6.07) is 11.4. The number of fused-ring (bicyclic) bond motifs is 1. The van der Waals surface area contributed by atoms with E-state index in [4.69, 9.17) is 15.0 Å². The largest absolute Gasteiger partial charge is 0.497 e. The fraction of sp³-hybridized carbons (Fsp3) is 0.111. The zero-order valence-electron chi connectivity index (χ0n) is 14.6. The number of methoxy groups -OCH3 is 1. The lowest BCUT2D eigenvalue weighted by Gasteiger charge is -2.04. The van der Waals surface area contributed by atoms with Gasteiger partial charge in [0.15, 0.2) is 12.3 Å². The van der Waals surface area contributed by atoms with Crippen molar-refractivity contribution in [3.05, 3.63) is 47.5 Å². The first-order chi connectivity index (χ1) is 13.0. The first-order valence-electron chi connectivity index (χ1n) is 8.02. The molecule has 0 aliphatic rings. The number of hydrogen-bond donors (Lipinski definition) is 2. The Kier molecular flexibility index (Phi) is 4.21. The van der Waals surface area contributed by atoms with Crippen molar-refractivity contribution < 1.29 is 18.7 Å². The number of aromatic nitrogens is 3. The number of pyridine rings is 1. The lowest BCUT2D eigenvalue weighted by molar-refractivity contribution is -0.739. The van der Waals surface area contributed by atoms with Crippen LogP contribution in [-0.4, -0.2) is 23.3 Å². The molecule has 8 nitrogen and oxygen atoms in total. The second-order valence-corrected chi connectivity index (χ2v) is 6.82. The Labute approximate surface area is 158 Å². The Morgan fingerprint density at radius 3 is 2.93 bits per heavy atom. The van der Waals surface area contributed by atoms with Gasteiger partial charge in [0.1, 0.15) is 15.5 Å². The van der Waals surface area contributed by atoms with Crippen LogP contribution in [0, 0.1) is 0 Å². The number of nitrogens with two attached hydrogens (primary N) is 1. The molecule has 0 spiro atoms. The van der Waals surface area contributed by atoms with Gasteiger partial charge < -0.3 is 10.5 Å². The van der Waals surface area contributed by atoms with Crippen molar-refractivity contribution in [2.75, 3.05) is 18.2 Å². The van der Waals surface area contributed by atoms with E-state index in [2.05, 4.69) is 15.6 Å². The minimum absolute atomic E-state index is 0.240. The Balaban J connectivity index is 1.69. The number of nitrogen functional groups attached to an aromatic ring is 1. The van der Waals surface area contributed by atoms with E-state index in [1.165, 1.54) is 16.0 Å². The van der Waals surface area contributed by atoms with Gasteiger partial charge in [-0.05, 0) is 24.3 Å². The van der Waals surface area contributed by atoms with Crippen LogP contribution in [0.2, 0.25) is 0 Å². The molecule has 0 saturated heterocycles. The van der Waals surface area contributed by atoms with Crippen molar-refractivity contribution in [2.24, 2.45) is 7.05 Å². The summed E-state index contributed by atoms with van der Waals surface area (Å²) >= 11 is 1.23. The van der Waals surface area contributed by atoms with Gasteiger partial charge in [0.05, 0.1) is 18.5 Å². The number of carbonyl (C=O) groups is 1. The number of hydrogen-bond acceptors (Lipinski definition) is 7. The monoisotopic (exact) mass is 382 g/mol. The molecule has 0 fully saturated rings. The van der Waals surface area contributed by atoms with Gasteiger partial charge in [-0.25, -0.2) is 4.98 Å². The fourth-order valence-electron chi connectivity index (χ4n) is 2.66. The van der Waals surface area contributed by atoms with Crippen LogP contribution in [0.5, 0.6) is 5.75 Å². The van der Waals surface area contributed by atoms with Crippen molar-refractivity contribution in [1.82, 2.24) is 10.3 Å². The zero-order valence-corrected chi connectivity index (χ0v) is 15.4. The molecule has 0 saturated carbocycles. The number of benzene rings is 1. The second kappa shape index (κ2) is 6.69. The van der Waals surface area contributed by atoms with Crippen molar-refractivity contribution >= 4 is 39.0 Å². The van der Waals surface area contributed by atoms with E-state index in [1.807, 2.05) is 36.4 Å². The number of aryl methyl sites for hydroxylation is 1. The Hall–Kier alpha value is -3.46. The second-order valence-electron chi connectivity index (χ2n) is 5.82. The maximum absolute atomic E-state index is 12.5. The summed E-state index contributed by atoms with van der Waals surface area (Å²) < 4.78 is 11.7. The van der Waals surface area contributed by atoms with Gasteiger partial charge in [-0.3, -0.25) is 14.6 Å². The van der Waals surface area contributed by atoms with Gasteiger partial charge in [-0.1, -0.05) is 16.8 Å². The molecule has 1 amide bonds. The summed E-state index contributed by atoms with van der Waals surface area (Å²) in [6.07, 6.45) is 1.56. The number of thiophene rings is 1. The predicted octanol–water partition coefficient (Wildman–Crippen LogP) is 2.62. The van der Waals surface area contributed by atoms with E-state index in [-0.39, 0.29) is 11.8 Å². The maximum atomic E-state index is 12.5. The van der Waals surface area contributed by atoms with Gasteiger partial charge in [0.25, 0.3) is 12.1 Å². The van der Waals surface area contributed by atoms with Gasteiger partial charge in [0, 0.05) is 10.9 Å². The predicted molar refractivity (Wildman–Crippen MR) is 102 cm³/mol.